The fraction of sp³-hybridized carbons (Fsp3) is 0.875. The normalized spacial score (nSPS) is 13.7. The zero-order chi connectivity index (χ0) is 31.2. The first kappa shape index (κ1) is 40.8. The van der Waals surface area contributed by atoms with Crippen LogP contribution in [0, 0.1) is 0 Å². The zero-order valence-electron chi connectivity index (χ0n) is 26.7. The molecule has 2 unspecified atom stereocenters. The van der Waals surface area contributed by atoms with E-state index in [0.29, 0.717) is 6.42 Å². The van der Waals surface area contributed by atoms with Crippen molar-refractivity contribution in [2.24, 2.45) is 5.73 Å². The molecule has 0 aliphatic heterocycles. The predicted octanol–water partition coefficient (Wildman–Crippen LogP) is 8.32. The van der Waals surface area contributed by atoms with Crippen LogP contribution in [0.25, 0.3) is 0 Å². The topological polar surface area (TPSA) is 134 Å². The highest BCUT2D eigenvalue weighted by atomic mass is 31.2. The third-order valence-electron chi connectivity index (χ3n) is 6.90. The quantitative estimate of drug-likeness (QED) is 0.0340. The Labute approximate surface area is 256 Å². The summed E-state index contributed by atoms with van der Waals surface area (Å²) in [6, 6.07) is 0. The van der Waals surface area contributed by atoms with Crippen LogP contribution < -0.4 is 5.73 Å². The highest BCUT2D eigenvalue weighted by Crippen LogP contribution is 2.43. The van der Waals surface area contributed by atoms with E-state index in [1.54, 1.807) is 0 Å². The maximum atomic E-state index is 12.4. The fourth-order valence-corrected chi connectivity index (χ4v) is 5.16. The minimum absolute atomic E-state index is 0.0541. The summed E-state index contributed by atoms with van der Waals surface area (Å²) < 4.78 is 32.4. The number of unbranched alkanes of at least 4 members (excludes halogenated alkanes) is 16. The number of carbonyl (C=O) groups is 2. The maximum Gasteiger partial charge on any atom is 0.472 e. The molecule has 0 aliphatic carbocycles. The average molecular weight is 620 g/mol. The van der Waals surface area contributed by atoms with Crippen molar-refractivity contribution in [1.29, 1.82) is 0 Å². The van der Waals surface area contributed by atoms with Crippen LogP contribution >= 0.6 is 7.82 Å². The molecule has 0 aliphatic rings. The lowest BCUT2D eigenvalue weighted by Gasteiger charge is -2.19. The minimum Gasteiger partial charge on any atom is -0.462 e. The molecule has 2 atom stereocenters. The Hall–Kier alpha value is -1.25. The van der Waals surface area contributed by atoms with Gasteiger partial charge in [0.2, 0.25) is 0 Å². The molecule has 0 radical (unpaired) electrons. The molecule has 0 saturated carbocycles. The largest absolute Gasteiger partial charge is 0.472 e. The molecule has 10 heteroatoms. The Balaban J connectivity index is 4.31. The van der Waals surface area contributed by atoms with Crippen molar-refractivity contribution in [3.63, 3.8) is 0 Å². The Morgan fingerprint density at radius 1 is 0.690 bits per heavy atom. The molecule has 0 spiro atoms. The molecule has 42 heavy (non-hydrogen) atoms. The number of hydrogen-bond acceptors (Lipinski definition) is 8. The lowest BCUT2D eigenvalue weighted by molar-refractivity contribution is -0.161. The number of hydrogen-bond donors (Lipinski definition) is 2. The molecule has 0 saturated heterocycles. The second kappa shape index (κ2) is 29.8. The van der Waals surface area contributed by atoms with Gasteiger partial charge in [-0.2, -0.15) is 0 Å². The van der Waals surface area contributed by atoms with Gasteiger partial charge in [0.05, 0.1) is 13.2 Å². The van der Waals surface area contributed by atoms with E-state index in [9.17, 15) is 19.0 Å². The van der Waals surface area contributed by atoms with Crippen LogP contribution in [0.2, 0.25) is 0 Å². The third kappa shape index (κ3) is 28.9. The molecule has 248 valence electrons. The van der Waals surface area contributed by atoms with Gasteiger partial charge in [-0.25, -0.2) is 4.57 Å². The molecule has 0 aromatic rings. The first-order valence-electron chi connectivity index (χ1n) is 16.7. The molecule has 0 amide bonds. The van der Waals surface area contributed by atoms with Crippen LogP contribution in [0.5, 0.6) is 0 Å². The number of esters is 2. The number of nitrogens with two attached hydrogens (primary N) is 1. The van der Waals surface area contributed by atoms with Crippen molar-refractivity contribution in [2.75, 3.05) is 26.4 Å². The van der Waals surface area contributed by atoms with E-state index < -0.39 is 26.5 Å². The van der Waals surface area contributed by atoms with E-state index in [1.807, 2.05) is 0 Å². The second-order valence-corrected chi connectivity index (χ2v) is 12.5. The van der Waals surface area contributed by atoms with Gasteiger partial charge < -0.3 is 20.1 Å². The van der Waals surface area contributed by atoms with Crippen LogP contribution in [0.15, 0.2) is 12.2 Å². The maximum absolute atomic E-state index is 12.4. The van der Waals surface area contributed by atoms with Gasteiger partial charge in [0, 0.05) is 19.4 Å². The van der Waals surface area contributed by atoms with E-state index >= 15 is 0 Å². The highest BCUT2D eigenvalue weighted by Gasteiger charge is 2.25. The molecule has 0 bridgehead atoms. The summed E-state index contributed by atoms with van der Waals surface area (Å²) in [5.41, 5.74) is 5.31. The van der Waals surface area contributed by atoms with Gasteiger partial charge in [-0.05, 0) is 38.5 Å². The number of rotatable bonds is 31. The van der Waals surface area contributed by atoms with Crippen molar-refractivity contribution in [2.45, 2.75) is 155 Å². The summed E-state index contributed by atoms with van der Waals surface area (Å²) in [6.45, 7) is 3.65. The zero-order valence-corrected chi connectivity index (χ0v) is 27.6. The van der Waals surface area contributed by atoms with Gasteiger partial charge in [0.25, 0.3) is 0 Å². The number of ether oxygens (including phenoxy) is 2. The van der Waals surface area contributed by atoms with E-state index in [0.717, 1.165) is 57.8 Å². The van der Waals surface area contributed by atoms with E-state index in [4.69, 9.17) is 24.3 Å². The summed E-state index contributed by atoms with van der Waals surface area (Å²) in [7, 11) is -4.36. The Bertz CT molecular complexity index is 719. The first-order valence-corrected chi connectivity index (χ1v) is 18.2. The standard InChI is InChI=1S/C32H62NO8P/c1-3-5-7-9-11-13-14-15-17-19-21-23-25-32(35)41-30(29-40-42(36,37)39-27-26-33)28-38-31(34)24-22-20-18-16-12-10-8-6-4-2/h11,13,30H,3-10,12,14-29,33H2,1-2H3,(H,36,37)/b13-11-. The molecule has 9 nitrogen and oxygen atoms in total. The number of allylic oxidation sites excluding steroid dienone is 2. The van der Waals surface area contributed by atoms with Crippen LogP contribution in [0.3, 0.4) is 0 Å². The SMILES string of the molecule is CCCCC/C=C\CCCCCCCC(=O)OC(COC(=O)CCCCCCCCCCC)COP(=O)(O)OCCN. The van der Waals surface area contributed by atoms with Crippen molar-refractivity contribution in [3.8, 4) is 0 Å². The second-order valence-electron chi connectivity index (χ2n) is 11.0. The molecule has 3 N–H and O–H groups in total. The van der Waals surface area contributed by atoms with Crippen LogP contribution in [0.4, 0.5) is 0 Å². The van der Waals surface area contributed by atoms with E-state index in [1.165, 1.54) is 57.8 Å². The van der Waals surface area contributed by atoms with Crippen LogP contribution in [-0.4, -0.2) is 49.3 Å². The number of carbonyl (C=O) groups excluding carboxylic acids is 2. The van der Waals surface area contributed by atoms with E-state index in [-0.39, 0.29) is 38.6 Å². The van der Waals surface area contributed by atoms with Gasteiger partial charge in [-0.3, -0.25) is 18.6 Å². The molecule has 0 aromatic carbocycles. The minimum atomic E-state index is -4.36. The summed E-state index contributed by atoms with van der Waals surface area (Å²) in [6.07, 6.45) is 25.3. The average Bonchev–Trinajstić information content (AvgIpc) is 2.97. The molecule has 0 rings (SSSR count). The smallest absolute Gasteiger partial charge is 0.462 e. The van der Waals surface area contributed by atoms with E-state index in [2.05, 4.69) is 26.0 Å². The van der Waals surface area contributed by atoms with Gasteiger partial charge in [0.1, 0.15) is 6.61 Å². The summed E-state index contributed by atoms with van der Waals surface area (Å²) in [5.74, 6) is -0.842. The monoisotopic (exact) mass is 619 g/mol. The van der Waals surface area contributed by atoms with Crippen LogP contribution in [-0.2, 0) is 32.7 Å². The molecule has 0 fully saturated rings. The Morgan fingerprint density at radius 2 is 1.17 bits per heavy atom. The van der Waals surface area contributed by atoms with Crippen LogP contribution in [0.1, 0.15) is 149 Å². The van der Waals surface area contributed by atoms with Crippen molar-refractivity contribution >= 4 is 19.8 Å². The fourth-order valence-electron chi connectivity index (χ4n) is 4.39. The van der Waals surface area contributed by atoms with Crippen molar-refractivity contribution in [3.05, 3.63) is 12.2 Å². The highest BCUT2D eigenvalue weighted by molar-refractivity contribution is 7.47. The van der Waals surface area contributed by atoms with Gasteiger partial charge >= 0.3 is 19.8 Å². The molecule has 0 aromatic heterocycles. The van der Waals surface area contributed by atoms with Crippen molar-refractivity contribution in [1.82, 2.24) is 0 Å². The Kier molecular flexibility index (Phi) is 28.9. The predicted molar refractivity (Wildman–Crippen MR) is 169 cm³/mol. The lowest BCUT2D eigenvalue weighted by Crippen LogP contribution is -2.29. The summed E-state index contributed by atoms with van der Waals surface area (Å²) in [4.78, 5) is 34.4. The van der Waals surface area contributed by atoms with Crippen molar-refractivity contribution < 1.29 is 37.6 Å². The molecule has 0 heterocycles. The Morgan fingerprint density at radius 3 is 1.74 bits per heavy atom. The number of phosphoric acid groups is 1. The number of phosphoric ester groups is 1. The van der Waals surface area contributed by atoms with Gasteiger partial charge in [-0.1, -0.05) is 109 Å². The summed E-state index contributed by atoms with van der Waals surface area (Å²) >= 11 is 0. The molecular formula is C32H62NO8P. The summed E-state index contributed by atoms with van der Waals surface area (Å²) in [5, 5.41) is 0. The van der Waals surface area contributed by atoms with Gasteiger partial charge in [-0.15, -0.1) is 0 Å². The lowest BCUT2D eigenvalue weighted by atomic mass is 10.1. The third-order valence-corrected chi connectivity index (χ3v) is 7.89. The molecular weight excluding hydrogens is 557 g/mol. The first-order chi connectivity index (χ1) is 20.3. The van der Waals surface area contributed by atoms with Gasteiger partial charge in [0.15, 0.2) is 6.10 Å².